The number of carbonyl (C=O) groups is 1. The average molecular weight is 470 g/mol. The lowest BCUT2D eigenvalue weighted by atomic mass is 10.1. The van der Waals surface area contributed by atoms with Crippen LogP contribution < -0.4 is 15.0 Å². The summed E-state index contributed by atoms with van der Waals surface area (Å²) in [5, 5.41) is 12.4. The molecule has 0 radical (unpaired) electrons. The maximum Gasteiger partial charge on any atom is 0.274 e. The van der Waals surface area contributed by atoms with Gasteiger partial charge in [-0.05, 0) is 30.3 Å². The number of hydrogen-bond donors (Lipinski definition) is 1. The first kappa shape index (κ1) is 22.4. The topological polar surface area (TPSA) is 91.1 Å². The van der Waals surface area contributed by atoms with Crippen LogP contribution in [0.4, 0.5) is 20.3 Å². The number of nitrogens with zero attached hydrogens (tertiary/aromatic N) is 4. The third-order valence-electron chi connectivity index (χ3n) is 5.13. The number of piperidine rings is 1. The second-order valence-corrected chi connectivity index (χ2v) is 7.84. The normalized spacial score (nSPS) is 13.9. The second-order valence-electron chi connectivity index (χ2n) is 7.40. The summed E-state index contributed by atoms with van der Waals surface area (Å²) in [5.41, 5.74) is 0.784. The molecule has 1 amide bonds. The zero-order valence-corrected chi connectivity index (χ0v) is 18.0. The molecule has 4 rings (SSSR count). The summed E-state index contributed by atoms with van der Waals surface area (Å²) in [5.74, 6) is -1.39. The van der Waals surface area contributed by atoms with Crippen LogP contribution in [0, 0.1) is 23.0 Å². The van der Waals surface area contributed by atoms with E-state index < -0.39 is 17.5 Å². The van der Waals surface area contributed by atoms with E-state index in [2.05, 4.69) is 15.3 Å². The predicted molar refractivity (Wildman–Crippen MR) is 118 cm³/mol. The number of nitriles is 1. The van der Waals surface area contributed by atoms with Gasteiger partial charge in [-0.3, -0.25) is 9.78 Å². The fraction of sp³-hybridized carbons (Fsp3) is 0.217. The lowest BCUT2D eigenvalue weighted by Crippen LogP contribution is -2.39. The standard InChI is InChI=1S/C23H18ClF2N5O2/c24-15-3-6-28-20(10-15)23(32)30-19-9-14(12-27)13-29-22(19)31-7-4-17(5-8-31)33-21-2-1-16(25)11-18(21)26/h1-3,6,9-11,13,17H,4-5,7-8H2,(H,30,32). The molecule has 7 nitrogen and oxygen atoms in total. The van der Waals surface area contributed by atoms with Crippen molar-refractivity contribution in [2.24, 2.45) is 0 Å². The first-order valence-electron chi connectivity index (χ1n) is 10.1. The molecule has 1 fully saturated rings. The van der Waals surface area contributed by atoms with Crippen LogP contribution in [-0.4, -0.2) is 35.1 Å². The molecule has 1 aliphatic rings. The third-order valence-corrected chi connectivity index (χ3v) is 5.36. The highest BCUT2D eigenvalue weighted by Gasteiger charge is 2.25. The summed E-state index contributed by atoms with van der Waals surface area (Å²) in [6.45, 7) is 1.04. The molecule has 3 aromatic rings. The average Bonchev–Trinajstić information content (AvgIpc) is 2.81. The number of amides is 1. The van der Waals surface area contributed by atoms with Gasteiger partial charge in [-0.25, -0.2) is 13.8 Å². The number of pyridine rings is 2. The van der Waals surface area contributed by atoms with Crippen LogP contribution in [0.25, 0.3) is 0 Å². The Morgan fingerprint density at radius 2 is 1.97 bits per heavy atom. The quantitative estimate of drug-likeness (QED) is 0.588. The van der Waals surface area contributed by atoms with Gasteiger partial charge in [0.25, 0.3) is 5.91 Å². The van der Waals surface area contributed by atoms with Crippen LogP contribution in [0.15, 0.2) is 48.8 Å². The number of ether oxygens (including phenoxy) is 1. The molecule has 2 aromatic heterocycles. The van der Waals surface area contributed by atoms with E-state index in [9.17, 15) is 18.8 Å². The first-order valence-corrected chi connectivity index (χ1v) is 10.5. The number of nitrogens with one attached hydrogen (secondary N) is 1. The Morgan fingerprint density at radius 3 is 2.67 bits per heavy atom. The second kappa shape index (κ2) is 9.79. The molecular formula is C23H18ClF2N5O2. The molecule has 168 valence electrons. The van der Waals surface area contributed by atoms with Gasteiger partial charge < -0.3 is 15.0 Å². The SMILES string of the molecule is N#Cc1cnc(N2CCC(Oc3ccc(F)cc3F)CC2)c(NC(=O)c2cc(Cl)ccn2)c1. The van der Waals surface area contributed by atoms with E-state index in [1.54, 1.807) is 12.1 Å². The van der Waals surface area contributed by atoms with E-state index in [4.69, 9.17) is 16.3 Å². The van der Waals surface area contributed by atoms with E-state index in [1.807, 2.05) is 11.0 Å². The number of hydrogen-bond acceptors (Lipinski definition) is 6. The van der Waals surface area contributed by atoms with Crippen LogP contribution in [0.3, 0.4) is 0 Å². The molecule has 3 heterocycles. The summed E-state index contributed by atoms with van der Waals surface area (Å²) in [7, 11) is 0. The molecule has 0 unspecified atom stereocenters. The number of anilines is 2. The molecule has 0 bridgehead atoms. The number of carbonyl (C=O) groups excluding carboxylic acids is 1. The predicted octanol–water partition coefficient (Wildman–Crippen LogP) is 4.58. The smallest absolute Gasteiger partial charge is 0.274 e. The monoisotopic (exact) mass is 469 g/mol. The Morgan fingerprint density at radius 1 is 1.18 bits per heavy atom. The Kier molecular flexibility index (Phi) is 6.66. The lowest BCUT2D eigenvalue weighted by molar-refractivity contribution is 0.102. The van der Waals surface area contributed by atoms with E-state index in [1.165, 1.54) is 24.5 Å². The summed E-state index contributed by atoms with van der Waals surface area (Å²) in [6.07, 6.45) is 3.72. The van der Waals surface area contributed by atoms with Crippen molar-refractivity contribution < 1.29 is 18.3 Å². The summed E-state index contributed by atoms with van der Waals surface area (Å²) in [4.78, 5) is 23.0. The minimum absolute atomic E-state index is 0.00771. The summed E-state index contributed by atoms with van der Waals surface area (Å²) < 4.78 is 32.7. The van der Waals surface area contributed by atoms with Crippen molar-refractivity contribution in [3.63, 3.8) is 0 Å². The van der Waals surface area contributed by atoms with Crippen LogP contribution in [0.5, 0.6) is 5.75 Å². The van der Waals surface area contributed by atoms with Crippen molar-refractivity contribution in [1.29, 1.82) is 5.26 Å². The van der Waals surface area contributed by atoms with Gasteiger partial charge in [-0.1, -0.05) is 11.6 Å². The van der Waals surface area contributed by atoms with Crippen molar-refractivity contribution in [3.05, 3.63) is 76.7 Å². The van der Waals surface area contributed by atoms with Gasteiger partial charge in [0, 0.05) is 49.4 Å². The van der Waals surface area contributed by atoms with E-state index >= 15 is 0 Å². The molecule has 0 atom stereocenters. The summed E-state index contributed by atoms with van der Waals surface area (Å²) in [6, 6.07) is 9.77. The molecule has 0 spiro atoms. The van der Waals surface area contributed by atoms with Gasteiger partial charge >= 0.3 is 0 Å². The largest absolute Gasteiger partial charge is 0.487 e. The number of rotatable bonds is 5. The maximum absolute atomic E-state index is 13.9. The Hall–Kier alpha value is -3.77. The van der Waals surface area contributed by atoms with Crippen molar-refractivity contribution >= 4 is 29.0 Å². The van der Waals surface area contributed by atoms with Gasteiger partial charge in [0.2, 0.25) is 0 Å². The highest BCUT2D eigenvalue weighted by atomic mass is 35.5. The van der Waals surface area contributed by atoms with Crippen molar-refractivity contribution in [3.8, 4) is 11.8 Å². The zero-order valence-electron chi connectivity index (χ0n) is 17.3. The van der Waals surface area contributed by atoms with Gasteiger partial charge in [0.15, 0.2) is 17.4 Å². The number of aromatic nitrogens is 2. The number of benzene rings is 1. The number of halogens is 3. The van der Waals surface area contributed by atoms with Crippen molar-refractivity contribution in [1.82, 2.24) is 9.97 Å². The fourth-order valence-electron chi connectivity index (χ4n) is 3.51. The van der Waals surface area contributed by atoms with Crippen LogP contribution in [-0.2, 0) is 0 Å². The lowest BCUT2D eigenvalue weighted by Gasteiger charge is -2.34. The molecular weight excluding hydrogens is 452 g/mol. The minimum Gasteiger partial charge on any atom is -0.487 e. The molecule has 1 aliphatic heterocycles. The van der Waals surface area contributed by atoms with E-state index in [0.29, 0.717) is 42.5 Å². The van der Waals surface area contributed by atoms with Crippen molar-refractivity contribution in [2.75, 3.05) is 23.3 Å². The molecule has 33 heavy (non-hydrogen) atoms. The highest BCUT2D eigenvalue weighted by molar-refractivity contribution is 6.31. The van der Waals surface area contributed by atoms with Gasteiger partial charge in [-0.2, -0.15) is 5.26 Å². The third kappa shape index (κ3) is 5.35. The van der Waals surface area contributed by atoms with Gasteiger partial charge in [-0.15, -0.1) is 0 Å². The maximum atomic E-state index is 13.9. The van der Waals surface area contributed by atoms with Crippen LogP contribution >= 0.6 is 11.6 Å². The Bertz CT molecular complexity index is 1230. The molecule has 1 N–H and O–H groups in total. The molecule has 1 aromatic carbocycles. The fourth-order valence-corrected chi connectivity index (χ4v) is 3.67. The van der Waals surface area contributed by atoms with E-state index in [-0.39, 0.29) is 23.1 Å². The molecule has 1 saturated heterocycles. The van der Waals surface area contributed by atoms with Gasteiger partial charge in [0.05, 0.1) is 11.3 Å². The van der Waals surface area contributed by atoms with E-state index in [0.717, 1.165) is 12.1 Å². The van der Waals surface area contributed by atoms with Gasteiger partial charge in [0.1, 0.15) is 23.7 Å². The molecule has 0 aliphatic carbocycles. The van der Waals surface area contributed by atoms with Crippen molar-refractivity contribution in [2.45, 2.75) is 18.9 Å². The zero-order chi connectivity index (χ0) is 23.4. The molecule has 10 heteroatoms. The Balaban J connectivity index is 1.48. The first-order chi connectivity index (χ1) is 15.9. The summed E-state index contributed by atoms with van der Waals surface area (Å²) >= 11 is 5.94. The molecule has 0 saturated carbocycles. The Labute approximate surface area is 193 Å². The van der Waals surface area contributed by atoms with Crippen LogP contribution in [0.1, 0.15) is 28.9 Å². The highest BCUT2D eigenvalue weighted by Crippen LogP contribution is 2.29. The van der Waals surface area contributed by atoms with Crippen LogP contribution in [0.2, 0.25) is 5.02 Å². The minimum atomic E-state index is -0.745.